The van der Waals surface area contributed by atoms with E-state index in [9.17, 15) is 0 Å². The minimum absolute atomic E-state index is 0. The molecule has 0 aliphatic carbocycles. The summed E-state index contributed by atoms with van der Waals surface area (Å²) in [4.78, 5) is 1.19. The standard InChI is InChI=1S/C9H12N2OS.ClH/c1-13-8-4-2-7(3-5-8)12-6-9(10)11;/h2-5H,6H2,1H3,(H3,10,11);1H. The molecular formula is C9H13ClN2OS. The molecule has 14 heavy (non-hydrogen) atoms. The Bertz CT molecular complexity index is 289. The van der Waals surface area contributed by atoms with Crippen molar-refractivity contribution in [3.63, 3.8) is 0 Å². The highest BCUT2D eigenvalue weighted by atomic mass is 35.5. The highest BCUT2D eigenvalue weighted by Gasteiger charge is 1.94. The molecule has 5 heteroatoms. The van der Waals surface area contributed by atoms with Crippen LogP contribution in [0.2, 0.25) is 0 Å². The average Bonchev–Trinajstić information content (AvgIpc) is 2.15. The van der Waals surface area contributed by atoms with Crippen molar-refractivity contribution in [1.29, 1.82) is 5.41 Å². The van der Waals surface area contributed by atoms with Gasteiger partial charge in [-0.3, -0.25) is 5.41 Å². The Hall–Kier alpha value is -0.870. The van der Waals surface area contributed by atoms with Gasteiger partial charge in [0.15, 0.2) is 0 Å². The van der Waals surface area contributed by atoms with Crippen molar-refractivity contribution in [2.75, 3.05) is 12.9 Å². The lowest BCUT2D eigenvalue weighted by Crippen LogP contribution is -2.19. The zero-order valence-corrected chi connectivity index (χ0v) is 9.45. The van der Waals surface area contributed by atoms with Crippen LogP contribution in [0.4, 0.5) is 0 Å². The first-order chi connectivity index (χ1) is 6.22. The maximum absolute atomic E-state index is 6.97. The average molecular weight is 233 g/mol. The van der Waals surface area contributed by atoms with E-state index in [1.807, 2.05) is 30.5 Å². The third-order valence-corrected chi connectivity index (χ3v) is 2.20. The van der Waals surface area contributed by atoms with Crippen molar-refractivity contribution in [2.45, 2.75) is 4.90 Å². The molecule has 78 valence electrons. The van der Waals surface area contributed by atoms with Crippen molar-refractivity contribution in [3.8, 4) is 5.75 Å². The van der Waals surface area contributed by atoms with Crippen LogP contribution in [0.15, 0.2) is 29.2 Å². The fourth-order valence-corrected chi connectivity index (χ4v) is 1.24. The smallest absolute Gasteiger partial charge is 0.145 e. The van der Waals surface area contributed by atoms with Crippen molar-refractivity contribution >= 4 is 30.0 Å². The summed E-state index contributed by atoms with van der Waals surface area (Å²) in [6.07, 6.45) is 2.02. The lowest BCUT2D eigenvalue weighted by molar-refractivity contribution is 0.374. The second kappa shape index (κ2) is 6.56. The number of rotatable bonds is 4. The summed E-state index contributed by atoms with van der Waals surface area (Å²) in [6, 6.07) is 7.68. The van der Waals surface area contributed by atoms with Crippen LogP contribution in [0.3, 0.4) is 0 Å². The summed E-state index contributed by atoms with van der Waals surface area (Å²) in [5, 5.41) is 6.97. The fourth-order valence-electron chi connectivity index (χ4n) is 0.833. The third-order valence-electron chi connectivity index (χ3n) is 1.45. The zero-order chi connectivity index (χ0) is 9.68. The Morgan fingerprint density at radius 1 is 1.43 bits per heavy atom. The fraction of sp³-hybridized carbons (Fsp3) is 0.222. The lowest BCUT2D eigenvalue weighted by Gasteiger charge is -2.04. The van der Waals surface area contributed by atoms with Crippen molar-refractivity contribution in [2.24, 2.45) is 5.73 Å². The van der Waals surface area contributed by atoms with Crippen LogP contribution in [0.5, 0.6) is 5.75 Å². The van der Waals surface area contributed by atoms with Gasteiger partial charge >= 0.3 is 0 Å². The Balaban J connectivity index is 0.00000169. The van der Waals surface area contributed by atoms with Gasteiger partial charge in [-0.1, -0.05) is 0 Å². The number of nitrogens with two attached hydrogens (primary N) is 1. The van der Waals surface area contributed by atoms with Gasteiger partial charge in [0.25, 0.3) is 0 Å². The minimum atomic E-state index is 0. The molecule has 0 spiro atoms. The number of hydrogen-bond acceptors (Lipinski definition) is 3. The third kappa shape index (κ3) is 4.39. The number of thioether (sulfide) groups is 1. The molecule has 0 bridgehead atoms. The minimum Gasteiger partial charge on any atom is -0.486 e. The number of nitrogens with one attached hydrogen (secondary N) is 1. The van der Waals surface area contributed by atoms with Gasteiger partial charge < -0.3 is 10.5 Å². The Morgan fingerprint density at radius 3 is 2.43 bits per heavy atom. The van der Waals surface area contributed by atoms with Gasteiger partial charge in [-0.15, -0.1) is 24.2 Å². The topological polar surface area (TPSA) is 59.1 Å². The molecule has 3 nitrogen and oxygen atoms in total. The van der Waals surface area contributed by atoms with Crippen molar-refractivity contribution in [3.05, 3.63) is 24.3 Å². The first kappa shape index (κ1) is 13.1. The molecule has 0 unspecified atom stereocenters. The zero-order valence-electron chi connectivity index (χ0n) is 7.82. The van der Waals surface area contributed by atoms with Gasteiger partial charge in [-0.25, -0.2) is 0 Å². The van der Waals surface area contributed by atoms with Crippen LogP contribution >= 0.6 is 24.2 Å². The summed E-state index contributed by atoms with van der Waals surface area (Å²) in [5.74, 6) is 0.780. The van der Waals surface area contributed by atoms with Crippen LogP contribution in [-0.2, 0) is 0 Å². The summed E-state index contributed by atoms with van der Waals surface area (Å²) in [7, 11) is 0. The van der Waals surface area contributed by atoms with E-state index in [0.717, 1.165) is 5.75 Å². The van der Waals surface area contributed by atoms with E-state index in [0.29, 0.717) is 0 Å². The summed E-state index contributed by atoms with van der Waals surface area (Å²) >= 11 is 1.68. The van der Waals surface area contributed by atoms with Gasteiger partial charge in [0.2, 0.25) is 0 Å². The van der Waals surface area contributed by atoms with Crippen LogP contribution in [0.1, 0.15) is 0 Å². The quantitative estimate of drug-likeness (QED) is 0.475. The van der Waals surface area contributed by atoms with Gasteiger partial charge in [0.05, 0.1) is 0 Å². The van der Waals surface area contributed by atoms with Crippen molar-refractivity contribution in [1.82, 2.24) is 0 Å². The Labute approximate surface area is 93.9 Å². The Kier molecular flexibility index (Phi) is 6.16. The lowest BCUT2D eigenvalue weighted by atomic mass is 10.3. The first-order valence-corrected chi connectivity index (χ1v) is 5.04. The molecule has 0 amide bonds. The number of halogens is 1. The molecule has 0 heterocycles. The van der Waals surface area contributed by atoms with Crippen LogP contribution < -0.4 is 10.5 Å². The van der Waals surface area contributed by atoms with Gasteiger partial charge in [-0.2, -0.15) is 0 Å². The molecule has 0 fully saturated rings. The van der Waals surface area contributed by atoms with E-state index in [1.54, 1.807) is 11.8 Å². The molecule has 0 radical (unpaired) electrons. The predicted molar refractivity (Wildman–Crippen MR) is 62.9 cm³/mol. The predicted octanol–water partition coefficient (Wildman–Crippen LogP) is 2.15. The molecule has 0 aromatic heterocycles. The molecular weight excluding hydrogens is 220 g/mol. The molecule has 0 aliphatic heterocycles. The van der Waals surface area contributed by atoms with E-state index in [2.05, 4.69) is 0 Å². The van der Waals surface area contributed by atoms with Gasteiger partial charge in [0.1, 0.15) is 18.2 Å². The van der Waals surface area contributed by atoms with Crippen molar-refractivity contribution < 1.29 is 4.74 Å². The summed E-state index contributed by atoms with van der Waals surface area (Å²) < 4.78 is 5.21. The molecule has 0 saturated heterocycles. The summed E-state index contributed by atoms with van der Waals surface area (Å²) in [5.41, 5.74) is 5.15. The SMILES string of the molecule is CSc1ccc(OCC(=N)N)cc1.Cl. The molecule has 1 aromatic carbocycles. The second-order valence-corrected chi connectivity index (χ2v) is 3.37. The monoisotopic (exact) mass is 232 g/mol. The number of ether oxygens (including phenoxy) is 1. The van der Waals surface area contributed by atoms with Gasteiger partial charge in [0, 0.05) is 4.90 Å². The molecule has 3 N–H and O–H groups in total. The number of hydrogen-bond donors (Lipinski definition) is 2. The normalized spacial score (nSPS) is 8.93. The molecule has 0 atom stereocenters. The Morgan fingerprint density at radius 2 is 2.00 bits per heavy atom. The maximum Gasteiger partial charge on any atom is 0.145 e. The van der Waals surface area contributed by atoms with E-state index in [4.69, 9.17) is 15.9 Å². The van der Waals surface area contributed by atoms with E-state index in [-0.39, 0.29) is 24.8 Å². The number of amidine groups is 1. The van der Waals surface area contributed by atoms with E-state index < -0.39 is 0 Å². The maximum atomic E-state index is 6.97. The highest BCUT2D eigenvalue weighted by Crippen LogP contribution is 2.18. The molecule has 1 aromatic rings. The molecule has 0 aliphatic rings. The van der Waals surface area contributed by atoms with Crippen LogP contribution in [0, 0.1) is 5.41 Å². The van der Waals surface area contributed by atoms with Crippen LogP contribution in [-0.4, -0.2) is 18.7 Å². The summed E-state index contributed by atoms with van der Waals surface area (Å²) in [6.45, 7) is 0.151. The first-order valence-electron chi connectivity index (χ1n) is 3.82. The highest BCUT2D eigenvalue weighted by molar-refractivity contribution is 7.98. The molecule has 0 saturated carbocycles. The number of benzene rings is 1. The molecule has 1 rings (SSSR count). The van der Waals surface area contributed by atoms with Crippen LogP contribution in [0.25, 0.3) is 0 Å². The van der Waals surface area contributed by atoms with E-state index in [1.165, 1.54) is 4.90 Å². The van der Waals surface area contributed by atoms with E-state index >= 15 is 0 Å². The van der Waals surface area contributed by atoms with Gasteiger partial charge in [-0.05, 0) is 30.5 Å². The second-order valence-electron chi connectivity index (χ2n) is 2.49. The largest absolute Gasteiger partial charge is 0.486 e.